The average Bonchev–Trinajstić information content (AvgIpc) is 3.37. The van der Waals surface area contributed by atoms with Crippen LogP contribution in [0.3, 0.4) is 0 Å². The monoisotopic (exact) mass is 536 g/mol. The normalized spacial score (nSPS) is 14.7. The van der Waals surface area contributed by atoms with Gasteiger partial charge < -0.3 is 14.0 Å². The molecule has 0 radical (unpaired) electrons. The third-order valence-corrected chi connectivity index (χ3v) is 7.24. The molecule has 1 aliphatic heterocycles. The lowest BCUT2D eigenvalue weighted by atomic mass is 10.1. The summed E-state index contributed by atoms with van der Waals surface area (Å²) in [6.07, 6.45) is 3.64. The number of thioether (sulfide) groups is 1. The van der Waals surface area contributed by atoms with Crippen LogP contribution >= 0.6 is 23.4 Å². The molecule has 0 bridgehead atoms. The van der Waals surface area contributed by atoms with Crippen LogP contribution in [0, 0.1) is 5.82 Å². The number of carbonyl (C=O) groups excluding carboxylic acids is 2. The van der Waals surface area contributed by atoms with E-state index in [4.69, 9.17) is 21.1 Å². The second-order valence-corrected chi connectivity index (χ2v) is 9.70. The Morgan fingerprint density at radius 3 is 2.57 bits per heavy atom. The van der Waals surface area contributed by atoms with Gasteiger partial charge in [0.25, 0.3) is 11.1 Å². The summed E-state index contributed by atoms with van der Waals surface area (Å²) in [6, 6.07) is 19.3. The lowest BCUT2D eigenvalue weighted by Crippen LogP contribution is -2.32. The molecule has 6 nitrogen and oxygen atoms in total. The Balaban J connectivity index is 1.35. The number of fused-ring (bicyclic) bond motifs is 1. The molecular weight excluding hydrogens is 515 g/mol. The van der Waals surface area contributed by atoms with Gasteiger partial charge in [-0.25, -0.2) is 4.39 Å². The van der Waals surface area contributed by atoms with Crippen molar-refractivity contribution in [2.45, 2.75) is 6.54 Å². The van der Waals surface area contributed by atoms with Crippen molar-refractivity contribution < 1.29 is 23.5 Å². The van der Waals surface area contributed by atoms with E-state index >= 15 is 0 Å². The van der Waals surface area contributed by atoms with Gasteiger partial charge in [0.05, 0.1) is 18.6 Å². The Morgan fingerprint density at radius 2 is 1.78 bits per heavy atom. The first-order chi connectivity index (χ1) is 17.9. The first kappa shape index (κ1) is 24.9. The Kier molecular flexibility index (Phi) is 7.21. The molecule has 188 valence electrons. The van der Waals surface area contributed by atoms with Gasteiger partial charge >= 0.3 is 0 Å². The molecule has 2 amide bonds. The van der Waals surface area contributed by atoms with Gasteiger partial charge in [-0.3, -0.25) is 14.5 Å². The Hall–Kier alpha value is -3.75. The molecule has 4 aromatic rings. The highest BCUT2D eigenvalue weighted by molar-refractivity contribution is 8.18. The van der Waals surface area contributed by atoms with Crippen molar-refractivity contribution in [1.82, 2.24) is 9.47 Å². The number of hydrogen-bond donors (Lipinski definition) is 0. The highest BCUT2D eigenvalue weighted by Crippen LogP contribution is 2.35. The molecule has 0 saturated carbocycles. The topological polar surface area (TPSA) is 60.8 Å². The van der Waals surface area contributed by atoms with Crippen LogP contribution in [-0.2, 0) is 11.3 Å². The average molecular weight is 537 g/mol. The van der Waals surface area contributed by atoms with Crippen LogP contribution in [0.2, 0.25) is 5.02 Å². The van der Waals surface area contributed by atoms with E-state index in [9.17, 15) is 14.0 Å². The highest BCUT2D eigenvalue weighted by atomic mass is 35.5. The molecule has 2 heterocycles. The number of carbonyl (C=O) groups is 2. The van der Waals surface area contributed by atoms with E-state index in [1.165, 1.54) is 17.0 Å². The Labute approximate surface area is 222 Å². The van der Waals surface area contributed by atoms with Crippen LogP contribution in [-0.4, -0.2) is 40.9 Å². The molecule has 0 N–H and O–H groups in total. The summed E-state index contributed by atoms with van der Waals surface area (Å²) in [5.41, 5.74) is 2.49. The van der Waals surface area contributed by atoms with E-state index in [1.807, 2.05) is 47.2 Å². The van der Waals surface area contributed by atoms with Crippen LogP contribution in [0.4, 0.5) is 9.18 Å². The van der Waals surface area contributed by atoms with Gasteiger partial charge in [0.2, 0.25) is 0 Å². The minimum atomic E-state index is -0.393. The fourth-order valence-electron chi connectivity index (χ4n) is 4.17. The molecule has 1 aromatic heterocycles. The van der Waals surface area contributed by atoms with E-state index in [2.05, 4.69) is 0 Å². The summed E-state index contributed by atoms with van der Waals surface area (Å²) < 4.78 is 26.5. The van der Waals surface area contributed by atoms with E-state index in [0.29, 0.717) is 28.0 Å². The van der Waals surface area contributed by atoms with Gasteiger partial charge in [-0.1, -0.05) is 48.0 Å². The maximum atomic E-state index is 13.5. The molecule has 0 atom stereocenters. The number of halogens is 2. The highest BCUT2D eigenvalue weighted by Gasteiger charge is 2.35. The first-order valence-corrected chi connectivity index (χ1v) is 12.7. The number of nitrogens with zero attached hydrogens (tertiary/aromatic N) is 2. The third kappa shape index (κ3) is 5.21. The van der Waals surface area contributed by atoms with Gasteiger partial charge in [0.1, 0.15) is 12.4 Å². The zero-order valence-corrected chi connectivity index (χ0v) is 21.4. The van der Waals surface area contributed by atoms with Crippen LogP contribution < -0.4 is 9.47 Å². The summed E-state index contributed by atoms with van der Waals surface area (Å²) in [6.45, 7) is 0.684. The van der Waals surface area contributed by atoms with E-state index < -0.39 is 5.82 Å². The number of para-hydroxylation sites is 3. The summed E-state index contributed by atoms with van der Waals surface area (Å²) in [5.74, 6) is 0.365. The predicted octanol–water partition coefficient (Wildman–Crippen LogP) is 6.61. The molecule has 9 heteroatoms. The molecule has 0 spiro atoms. The Morgan fingerprint density at radius 1 is 1.03 bits per heavy atom. The summed E-state index contributed by atoms with van der Waals surface area (Å²) >= 11 is 7.15. The van der Waals surface area contributed by atoms with Crippen LogP contribution in [0.1, 0.15) is 11.1 Å². The molecular formula is C28H22ClFN2O4S. The van der Waals surface area contributed by atoms with Crippen molar-refractivity contribution in [1.29, 1.82) is 0 Å². The summed E-state index contributed by atoms with van der Waals surface area (Å²) in [5, 5.41) is 0.921. The van der Waals surface area contributed by atoms with E-state index in [-0.39, 0.29) is 24.3 Å². The van der Waals surface area contributed by atoms with Gasteiger partial charge in [-0.2, -0.15) is 0 Å². The molecule has 0 unspecified atom stereocenters. The van der Waals surface area contributed by atoms with Crippen molar-refractivity contribution in [2.75, 3.05) is 20.3 Å². The summed E-state index contributed by atoms with van der Waals surface area (Å²) in [4.78, 5) is 27.2. The van der Waals surface area contributed by atoms with Crippen molar-refractivity contribution >= 4 is 51.5 Å². The maximum Gasteiger partial charge on any atom is 0.293 e. The van der Waals surface area contributed by atoms with Crippen LogP contribution in [0.25, 0.3) is 17.0 Å². The third-order valence-electron chi connectivity index (χ3n) is 5.98. The SMILES string of the molecule is COc1ccccc1OCCN1C(=O)S/C(=C\c2cn(Cc3ccc(F)cc3Cl)c3ccccc23)C1=O. The second kappa shape index (κ2) is 10.7. The minimum Gasteiger partial charge on any atom is -0.493 e. The number of imide groups is 1. The number of methoxy groups -OCH3 is 1. The smallest absolute Gasteiger partial charge is 0.293 e. The predicted molar refractivity (Wildman–Crippen MR) is 144 cm³/mol. The quantitative estimate of drug-likeness (QED) is 0.237. The largest absolute Gasteiger partial charge is 0.493 e. The fraction of sp³-hybridized carbons (Fsp3) is 0.143. The molecule has 5 rings (SSSR count). The van der Waals surface area contributed by atoms with Gasteiger partial charge in [-0.05, 0) is 53.7 Å². The molecule has 0 aliphatic carbocycles. The standard InChI is InChI=1S/C28H22ClFN2O4S/c1-35-24-8-4-5-9-25(24)36-13-12-32-27(33)26(37-28(32)34)14-19-17-31(23-7-3-2-6-21(19)23)16-18-10-11-20(30)15-22(18)29/h2-11,14-15,17H,12-13,16H2,1H3/b26-14-. The van der Waals surface area contributed by atoms with E-state index in [1.54, 1.807) is 31.4 Å². The number of amides is 2. The van der Waals surface area contributed by atoms with Gasteiger partial charge in [0.15, 0.2) is 11.5 Å². The van der Waals surface area contributed by atoms with Gasteiger partial charge in [-0.15, -0.1) is 0 Å². The molecule has 3 aromatic carbocycles. The van der Waals surface area contributed by atoms with E-state index in [0.717, 1.165) is 33.8 Å². The van der Waals surface area contributed by atoms with Crippen molar-refractivity contribution in [3.8, 4) is 11.5 Å². The molecule has 37 heavy (non-hydrogen) atoms. The lowest BCUT2D eigenvalue weighted by molar-refractivity contribution is -0.123. The fourth-order valence-corrected chi connectivity index (χ4v) is 5.26. The number of benzene rings is 3. The lowest BCUT2D eigenvalue weighted by Gasteiger charge is -2.14. The summed E-state index contributed by atoms with van der Waals surface area (Å²) in [7, 11) is 1.55. The second-order valence-electron chi connectivity index (χ2n) is 8.30. The molecule has 1 fully saturated rings. The number of rotatable bonds is 8. The number of hydrogen-bond acceptors (Lipinski definition) is 5. The van der Waals surface area contributed by atoms with Crippen molar-refractivity contribution in [3.05, 3.63) is 99.8 Å². The number of aromatic nitrogens is 1. The molecule has 1 aliphatic rings. The maximum absolute atomic E-state index is 13.5. The first-order valence-electron chi connectivity index (χ1n) is 11.5. The molecule has 1 saturated heterocycles. The number of ether oxygens (including phenoxy) is 2. The van der Waals surface area contributed by atoms with Gasteiger partial charge in [0, 0.05) is 34.2 Å². The minimum absolute atomic E-state index is 0.116. The zero-order chi connectivity index (χ0) is 25.9. The zero-order valence-electron chi connectivity index (χ0n) is 19.8. The van der Waals surface area contributed by atoms with Crippen LogP contribution in [0.15, 0.2) is 77.8 Å². The Bertz CT molecular complexity index is 1530. The van der Waals surface area contributed by atoms with Crippen LogP contribution in [0.5, 0.6) is 11.5 Å². The van der Waals surface area contributed by atoms with Crippen molar-refractivity contribution in [3.63, 3.8) is 0 Å². The van der Waals surface area contributed by atoms with Crippen molar-refractivity contribution in [2.24, 2.45) is 0 Å².